The van der Waals surface area contributed by atoms with Crippen LogP contribution in [0, 0.1) is 0 Å². The van der Waals surface area contributed by atoms with Gasteiger partial charge in [0.25, 0.3) is 0 Å². The minimum absolute atomic E-state index is 0. The number of rotatable bonds is 11. The minimum atomic E-state index is -4.47. The molecule has 0 spiro atoms. The number of hydrogen-bond donors (Lipinski definition) is 1. The first kappa shape index (κ1) is 31.9. The zero-order valence-corrected chi connectivity index (χ0v) is 24.3. The number of imidazole rings is 1. The van der Waals surface area contributed by atoms with E-state index in [4.69, 9.17) is 4.74 Å². The number of aromatic nitrogens is 4. The predicted octanol–water partition coefficient (Wildman–Crippen LogP) is 5.12. The third-order valence-corrected chi connectivity index (χ3v) is 7.25. The van der Waals surface area contributed by atoms with E-state index in [1.807, 2.05) is 0 Å². The number of nitrogens with one attached hydrogen (secondary N) is 1. The Morgan fingerprint density at radius 3 is 2.63 bits per heavy atom. The summed E-state index contributed by atoms with van der Waals surface area (Å²) >= 11 is 0. The molecule has 1 fully saturated rings. The molecule has 3 heterocycles. The van der Waals surface area contributed by atoms with E-state index in [1.165, 1.54) is 15.8 Å². The fourth-order valence-electron chi connectivity index (χ4n) is 4.75. The summed E-state index contributed by atoms with van der Waals surface area (Å²) in [5.41, 5.74) is 8.70. The zero-order chi connectivity index (χ0) is 28.9. The number of hydrogen-bond acceptors (Lipinski definition) is 6. The molecular weight excluding hydrogens is 533 g/mol. The Morgan fingerprint density at radius 2 is 2.00 bits per heavy atom. The molecule has 2 aliphatic rings. The summed E-state index contributed by atoms with van der Waals surface area (Å²) in [6, 6.07) is 0. The predicted molar refractivity (Wildman–Crippen MR) is 153 cm³/mol. The van der Waals surface area contributed by atoms with Gasteiger partial charge < -0.3 is 25.0 Å². The van der Waals surface area contributed by atoms with E-state index in [0.29, 0.717) is 37.0 Å². The van der Waals surface area contributed by atoms with E-state index >= 15 is 0 Å². The Kier molecular flexibility index (Phi) is 10.7. The first-order valence-corrected chi connectivity index (χ1v) is 13.5. The first-order chi connectivity index (χ1) is 19.1. The van der Waals surface area contributed by atoms with Gasteiger partial charge in [-0.3, -0.25) is 0 Å². The van der Waals surface area contributed by atoms with Gasteiger partial charge in [-0.05, 0) is 62.0 Å². The van der Waals surface area contributed by atoms with Crippen molar-refractivity contribution in [3.63, 3.8) is 0 Å². The van der Waals surface area contributed by atoms with E-state index in [2.05, 4.69) is 56.9 Å². The van der Waals surface area contributed by atoms with Crippen molar-refractivity contribution in [2.24, 2.45) is 7.05 Å². The van der Waals surface area contributed by atoms with Crippen LogP contribution in [0.3, 0.4) is 0 Å². The molecule has 0 aromatic carbocycles. The number of ether oxygens (including phenoxy) is 1. The van der Waals surface area contributed by atoms with Crippen LogP contribution in [-0.2, 0) is 19.8 Å². The van der Waals surface area contributed by atoms with Gasteiger partial charge >= 0.3 is 6.18 Å². The van der Waals surface area contributed by atoms with Crippen LogP contribution in [-0.4, -0.2) is 56.6 Å². The molecule has 0 bridgehead atoms. The van der Waals surface area contributed by atoms with Crippen LogP contribution in [0.25, 0.3) is 5.57 Å². The second-order valence-corrected chi connectivity index (χ2v) is 10.2. The van der Waals surface area contributed by atoms with Crippen LogP contribution in [0.5, 0.6) is 5.88 Å². The molecule has 0 saturated heterocycles. The maximum Gasteiger partial charge on any atom is 0.434 e. The second kappa shape index (κ2) is 13.8. The lowest BCUT2D eigenvalue weighted by Gasteiger charge is -2.29. The average Bonchev–Trinajstić information content (AvgIpc) is 3.69. The van der Waals surface area contributed by atoms with E-state index in [1.54, 1.807) is 39.6 Å². The van der Waals surface area contributed by atoms with Gasteiger partial charge in [0.1, 0.15) is 12.2 Å². The molecular formula is C30H39F3N6O2. The van der Waals surface area contributed by atoms with Gasteiger partial charge in [-0.2, -0.15) is 13.2 Å². The monoisotopic (exact) mass is 572 g/mol. The molecule has 41 heavy (non-hydrogen) atoms. The number of aryl methyl sites for hydroxylation is 1. The van der Waals surface area contributed by atoms with Crippen LogP contribution >= 0.6 is 0 Å². The maximum atomic E-state index is 13.0. The summed E-state index contributed by atoms with van der Waals surface area (Å²) in [5.74, 6) is 1.42. The lowest BCUT2D eigenvalue weighted by molar-refractivity contribution is -0.141. The van der Waals surface area contributed by atoms with Gasteiger partial charge in [0.2, 0.25) is 5.88 Å². The van der Waals surface area contributed by atoms with Gasteiger partial charge in [-0.25, -0.2) is 15.0 Å². The molecule has 2 aromatic heterocycles. The maximum absolute atomic E-state index is 13.0. The standard InChI is InChI=1S/C30H37F3N6O.H2O/c1-6-22(10-7-9-20(2)28-37-26(18-38(28)4)30(31,32)33)17-39-14-8-11-24(21(39)3)15-34-16-25-27(23-12-13-23)35-19-36-29(25)40-5;/h7-9,11,18-19,23,34H,6,12-17H2,1-5H3;1H2/b20-9+;. The van der Waals surface area contributed by atoms with E-state index < -0.39 is 11.9 Å². The molecule has 0 atom stereocenters. The fraction of sp³-hybridized carbons (Fsp3) is 0.467. The highest BCUT2D eigenvalue weighted by atomic mass is 19.4. The Balaban J connectivity index is 0.00000462. The summed E-state index contributed by atoms with van der Waals surface area (Å²) in [7, 11) is 3.21. The molecule has 8 nitrogen and oxygen atoms in total. The van der Waals surface area contributed by atoms with E-state index in [9.17, 15) is 13.2 Å². The fourth-order valence-corrected chi connectivity index (χ4v) is 4.75. The van der Waals surface area contributed by atoms with Crippen LogP contribution in [0.15, 0.2) is 59.4 Å². The Morgan fingerprint density at radius 1 is 1.24 bits per heavy atom. The van der Waals surface area contributed by atoms with Crippen LogP contribution in [0.4, 0.5) is 13.2 Å². The van der Waals surface area contributed by atoms with Crippen molar-refractivity contribution >= 4 is 5.57 Å². The topological polar surface area (TPSA) is 99.6 Å². The van der Waals surface area contributed by atoms with E-state index in [0.717, 1.165) is 48.8 Å². The Hall–Kier alpha value is -3.66. The summed E-state index contributed by atoms with van der Waals surface area (Å²) in [6.07, 6.45) is 9.10. The van der Waals surface area contributed by atoms with Crippen molar-refractivity contribution in [3.05, 3.63) is 82.2 Å². The highest BCUT2D eigenvalue weighted by molar-refractivity contribution is 5.60. The molecule has 2 aromatic rings. The molecule has 3 N–H and O–H groups in total. The van der Waals surface area contributed by atoms with Crippen molar-refractivity contribution < 1.29 is 23.4 Å². The molecule has 0 unspecified atom stereocenters. The lowest BCUT2D eigenvalue weighted by Crippen LogP contribution is -2.30. The van der Waals surface area contributed by atoms with Gasteiger partial charge in [-0.1, -0.05) is 19.1 Å². The number of halogens is 3. The summed E-state index contributed by atoms with van der Waals surface area (Å²) in [5, 5.41) is 3.55. The highest BCUT2D eigenvalue weighted by Gasteiger charge is 2.34. The van der Waals surface area contributed by atoms with Crippen LogP contribution in [0.1, 0.15) is 68.7 Å². The first-order valence-electron chi connectivity index (χ1n) is 13.5. The van der Waals surface area contributed by atoms with Gasteiger partial charge in [-0.15, -0.1) is 5.73 Å². The summed E-state index contributed by atoms with van der Waals surface area (Å²) < 4.78 is 45.9. The normalized spacial score (nSPS) is 15.5. The SMILES string of the molecule is CCC(=C=C/C=C(\C)c1nc(C(F)(F)F)cn1C)CN1CC=CC(CNCc2c(OC)ncnc2C2CC2)=C1C.O. The average molecular weight is 573 g/mol. The van der Waals surface area contributed by atoms with Gasteiger partial charge in [0.15, 0.2) is 5.69 Å². The lowest BCUT2D eigenvalue weighted by atomic mass is 10.1. The molecule has 4 rings (SSSR count). The van der Waals surface area contributed by atoms with Crippen molar-refractivity contribution in [1.82, 2.24) is 29.7 Å². The molecule has 222 valence electrons. The van der Waals surface area contributed by atoms with Crippen molar-refractivity contribution in [1.29, 1.82) is 0 Å². The third kappa shape index (κ3) is 7.97. The minimum Gasteiger partial charge on any atom is -0.481 e. The molecule has 1 aliphatic carbocycles. The number of nitrogens with zero attached hydrogens (tertiary/aromatic N) is 5. The third-order valence-electron chi connectivity index (χ3n) is 7.25. The van der Waals surface area contributed by atoms with Crippen LogP contribution < -0.4 is 10.1 Å². The Bertz CT molecular complexity index is 1380. The number of alkyl halides is 3. The summed E-state index contributed by atoms with van der Waals surface area (Å²) in [4.78, 5) is 14.9. The smallest absolute Gasteiger partial charge is 0.434 e. The molecule has 11 heteroatoms. The van der Waals surface area contributed by atoms with Gasteiger partial charge in [0.05, 0.1) is 12.8 Å². The largest absolute Gasteiger partial charge is 0.481 e. The zero-order valence-electron chi connectivity index (χ0n) is 24.3. The van der Waals surface area contributed by atoms with Crippen molar-refractivity contribution in [3.8, 4) is 5.88 Å². The molecule has 0 amide bonds. The number of methoxy groups -OCH3 is 1. The quantitative estimate of drug-likeness (QED) is 0.296. The van der Waals surface area contributed by atoms with E-state index in [-0.39, 0.29) is 11.3 Å². The molecule has 1 aliphatic heterocycles. The number of allylic oxidation sites excluding steroid dienone is 3. The molecule has 1 saturated carbocycles. The van der Waals surface area contributed by atoms with Crippen molar-refractivity contribution in [2.75, 3.05) is 26.7 Å². The molecule has 0 radical (unpaired) electrons. The van der Waals surface area contributed by atoms with Crippen LogP contribution in [0.2, 0.25) is 0 Å². The summed E-state index contributed by atoms with van der Waals surface area (Å²) in [6.45, 7) is 8.81. The van der Waals surface area contributed by atoms with Gasteiger partial charge in [0, 0.05) is 56.6 Å². The highest BCUT2D eigenvalue weighted by Crippen LogP contribution is 2.41. The Labute approximate surface area is 239 Å². The second-order valence-electron chi connectivity index (χ2n) is 10.2. The van der Waals surface area contributed by atoms with Crippen molar-refractivity contribution in [2.45, 2.75) is 58.7 Å².